The number of hydrogen-bond acceptors (Lipinski definition) is 3. The molecule has 0 spiro atoms. The molecule has 1 aliphatic rings. The van der Waals surface area contributed by atoms with Crippen molar-refractivity contribution in [2.75, 3.05) is 13.1 Å². The Hall–Kier alpha value is -1.88. The Bertz CT molecular complexity index is 467. The highest BCUT2D eigenvalue weighted by Crippen LogP contribution is 2.22. The van der Waals surface area contributed by atoms with Crippen molar-refractivity contribution in [1.82, 2.24) is 4.90 Å². The Morgan fingerprint density at radius 2 is 1.85 bits per heavy atom. The molecule has 5 nitrogen and oxygen atoms in total. The van der Waals surface area contributed by atoms with Crippen LogP contribution in [0.25, 0.3) is 0 Å². The normalized spacial score (nSPS) is 17.8. The molecule has 0 bridgehead atoms. The van der Waals surface area contributed by atoms with Crippen LogP contribution in [0.4, 0.5) is 0 Å². The first-order valence-electron chi connectivity index (χ1n) is 6.89. The van der Waals surface area contributed by atoms with E-state index in [4.69, 9.17) is 10.8 Å². The maximum Gasteiger partial charge on any atom is 0.303 e. The first-order chi connectivity index (χ1) is 9.58. The number of benzene rings is 1. The number of carbonyl (C=O) groups excluding carboxylic acids is 1. The third kappa shape index (κ3) is 3.57. The molecule has 1 aromatic rings. The second kappa shape index (κ2) is 6.52. The first kappa shape index (κ1) is 14.5. The van der Waals surface area contributed by atoms with Crippen LogP contribution < -0.4 is 5.73 Å². The molecule has 1 saturated heterocycles. The van der Waals surface area contributed by atoms with Crippen LogP contribution in [0.1, 0.15) is 30.9 Å². The standard InChI is InChI=1S/C15H20N2O3/c16-14(12-4-2-1-3-5-12)15(20)17-8-6-11(7-9-17)10-13(18)19/h1-5,11,14H,6-10,16H2,(H,18,19)/t14-/m1/s1. The van der Waals surface area contributed by atoms with Gasteiger partial charge in [0.05, 0.1) is 0 Å². The van der Waals surface area contributed by atoms with Crippen molar-refractivity contribution in [3.8, 4) is 0 Å². The van der Waals surface area contributed by atoms with E-state index < -0.39 is 12.0 Å². The third-order valence-electron chi connectivity index (χ3n) is 3.81. The lowest BCUT2D eigenvalue weighted by molar-refractivity contribution is -0.138. The quantitative estimate of drug-likeness (QED) is 0.870. The molecule has 1 fully saturated rings. The average molecular weight is 276 g/mol. The van der Waals surface area contributed by atoms with Gasteiger partial charge in [-0.1, -0.05) is 30.3 Å². The van der Waals surface area contributed by atoms with E-state index >= 15 is 0 Å². The Labute approximate surface area is 118 Å². The lowest BCUT2D eigenvalue weighted by atomic mass is 9.93. The van der Waals surface area contributed by atoms with Crippen LogP contribution in [-0.4, -0.2) is 35.0 Å². The summed E-state index contributed by atoms with van der Waals surface area (Å²) in [6.45, 7) is 1.19. The smallest absolute Gasteiger partial charge is 0.303 e. The van der Waals surface area contributed by atoms with Crippen LogP contribution in [0.2, 0.25) is 0 Å². The van der Waals surface area contributed by atoms with Crippen LogP contribution in [0.3, 0.4) is 0 Å². The molecule has 20 heavy (non-hydrogen) atoms. The summed E-state index contributed by atoms with van der Waals surface area (Å²) in [5.41, 5.74) is 6.81. The van der Waals surface area contributed by atoms with Crippen LogP contribution >= 0.6 is 0 Å². The van der Waals surface area contributed by atoms with Gasteiger partial charge in [0, 0.05) is 19.5 Å². The summed E-state index contributed by atoms with van der Waals surface area (Å²) < 4.78 is 0. The van der Waals surface area contributed by atoms with Crippen molar-refractivity contribution in [2.45, 2.75) is 25.3 Å². The van der Waals surface area contributed by atoms with E-state index in [2.05, 4.69) is 0 Å². The zero-order chi connectivity index (χ0) is 14.5. The van der Waals surface area contributed by atoms with Gasteiger partial charge in [0.1, 0.15) is 6.04 Å². The number of nitrogens with two attached hydrogens (primary N) is 1. The number of nitrogens with zero attached hydrogens (tertiary/aromatic N) is 1. The van der Waals surface area contributed by atoms with Gasteiger partial charge in [-0.25, -0.2) is 0 Å². The Kier molecular flexibility index (Phi) is 4.74. The Balaban J connectivity index is 1.90. The summed E-state index contributed by atoms with van der Waals surface area (Å²) in [4.78, 5) is 24.7. The third-order valence-corrected chi connectivity index (χ3v) is 3.81. The SMILES string of the molecule is N[C@@H](C(=O)N1CCC(CC(=O)O)CC1)c1ccccc1. The summed E-state index contributed by atoms with van der Waals surface area (Å²) >= 11 is 0. The minimum Gasteiger partial charge on any atom is -0.481 e. The Morgan fingerprint density at radius 1 is 1.25 bits per heavy atom. The molecule has 108 valence electrons. The van der Waals surface area contributed by atoms with E-state index in [9.17, 15) is 9.59 Å². The largest absolute Gasteiger partial charge is 0.481 e. The molecule has 0 aromatic heterocycles. The number of aliphatic carboxylic acids is 1. The van der Waals surface area contributed by atoms with E-state index in [0.29, 0.717) is 13.1 Å². The van der Waals surface area contributed by atoms with Gasteiger partial charge in [-0.15, -0.1) is 0 Å². The van der Waals surface area contributed by atoms with Crippen molar-refractivity contribution in [3.05, 3.63) is 35.9 Å². The molecule has 0 radical (unpaired) electrons. The molecule has 0 saturated carbocycles. The van der Waals surface area contributed by atoms with Gasteiger partial charge >= 0.3 is 5.97 Å². The van der Waals surface area contributed by atoms with E-state index in [1.54, 1.807) is 4.90 Å². The molecular formula is C15H20N2O3. The molecule has 1 amide bonds. The van der Waals surface area contributed by atoms with Gasteiger partial charge < -0.3 is 15.7 Å². The molecule has 1 atom stereocenters. The number of carboxylic acid groups (broad SMARTS) is 1. The number of hydrogen-bond donors (Lipinski definition) is 2. The summed E-state index contributed by atoms with van der Waals surface area (Å²) in [7, 11) is 0. The van der Waals surface area contributed by atoms with Gasteiger partial charge in [-0.3, -0.25) is 9.59 Å². The molecule has 3 N–H and O–H groups in total. The lowest BCUT2D eigenvalue weighted by Gasteiger charge is -2.33. The predicted octanol–water partition coefficient (Wildman–Crippen LogP) is 1.40. The monoisotopic (exact) mass is 276 g/mol. The molecule has 2 rings (SSSR count). The zero-order valence-electron chi connectivity index (χ0n) is 11.4. The van der Waals surface area contributed by atoms with Crippen LogP contribution in [0, 0.1) is 5.92 Å². The van der Waals surface area contributed by atoms with E-state index in [0.717, 1.165) is 18.4 Å². The number of amides is 1. The topological polar surface area (TPSA) is 83.6 Å². The van der Waals surface area contributed by atoms with Crippen molar-refractivity contribution >= 4 is 11.9 Å². The van der Waals surface area contributed by atoms with Gasteiger partial charge in [0.25, 0.3) is 0 Å². The maximum absolute atomic E-state index is 12.3. The number of rotatable bonds is 4. The van der Waals surface area contributed by atoms with Crippen molar-refractivity contribution < 1.29 is 14.7 Å². The minimum atomic E-state index is -0.768. The minimum absolute atomic E-state index is 0.0787. The molecule has 0 aliphatic carbocycles. The fraction of sp³-hybridized carbons (Fsp3) is 0.467. The zero-order valence-corrected chi connectivity index (χ0v) is 11.4. The number of carbonyl (C=O) groups is 2. The highest BCUT2D eigenvalue weighted by Gasteiger charge is 2.27. The maximum atomic E-state index is 12.3. The molecular weight excluding hydrogens is 256 g/mol. The predicted molar refractivity (Wildman–Crippen MR) is 74.9 cm³/mol. The summed E-state index contributed by atoms with van der Waals surface area (Å²) in [6, 6.07) is 8.67. The molecule has 1 heterocycles. The van der Waals surface area contributed by atoms with Gasteiger partial charge in [0.15, 0.2) is 0 Å². The van der Waals surface area contributed by atoms with Crippen molar-refractivity contribution in [1.29, 1.82) is 0 Å². The Morgan fingerprint density at radius 3 is 2.40 bits per heavy atom. The molecule has 1 aliphatic heterocycles. The molecule has 1 aromatic carbocycles. The molecule has 5 heteroatoms. The highest BCUT2D eigenvalue weighted by atomic mass is 16.4. The lowest BCUT2D eigenvalue weighted by Crippen LogP contribution is -2.43. The number of likely N-dealkylation sites (tertiary alicyclic amines) is 1. The summed E-state index contributed by atoms with van der Waals surface area (Å²) in [5.74, 6) is -0.676. The van der Waals surface area contributed by atoms with Crippen molar-refractivity contribution in [2.24, 2.45) is 11.7 Å². The van der Waals surface area contributed by atoms with Gasteiger partial charge in [0.2, 0.25) is 5.91 Å². The molecule has 0 unspecified atom stereocenters. The second-order valence-electron chi connectivity index (χ2n) is 5.25. The average Bonchev–Trinajstić information content (AvgIpc) is 2.47. The number of carboxylic acids is 1. The second-order valence-corrected chi connectivity index (χ2v) is 5.25. The highest BCUT2D eigenvalue weighted by molar-refractivity contribution is 5.83. The van der Waals surface area contributed by atoms with E-state index in [1.165, 1.54) is 0 Å². The fourth-order valence-electron chi connectivity index (χ4n) is 2.60. The summed E-state index contributed by atoms with van der Waals surface area (Å²) in [6.07, 6.45) is 1.66. The number of piperidine rings is 1. The van der Waals surface area contributed by atoms with Crippen molar-refractivity contribution in [3.63, 3.8) is 0 Å². The van der Waals surface area contributed by atoms with Crippen LogP contribution in [0.15, 0.2) is 30.3 Å². The van der Waals surface area contributed by atoms with E-state index in [-0.39, 0.29) is 18.2 Å². The van der Waals surface area contributed by atoms with E-state index in [1.807, 2.05) is 30.3 Å². The van der Waals surface area contributed by atoms with Crippen LogP contribution in [0.5, 0.6) is 0 Å². The van der Waals surface area contributed by atoms with Crippen LogP contribution in [-0.2, 0) is 9.59 Å². The summed E-state index contributed by atoms with van der Waals surface area (Å²) in [5, 5.41) is 8.78. The fourth-order valence-corrected chi connectivity index (χ4v) is 2.60. The van der Waals surface area contributed by atoms with Gasteiger partial charge in [-0.2, -0.15) is 0 Å². The van der Waals surface area contributed by atoms with Gasteiger partial charge in [-0.05, 0) is 24.3 Å². The first-order valence-corrected chi connectivity index (χ1v) is 6.89.